The summed E-state index contributed by atoms with van der Waals surface area (Å²) in [4.78, 5) is 16.6. The summed E-state index contributed by atoms with van der Waals surface area (Å²) in [7, 11) is -0.419. The Kier molecular flexibility index (Phi) is 5.86. The van der Waals surface area contributed by atoms with Crippen LogP contribution in [0.3, 0.4) is 0 Å². The first-order valence-corrected chi connectivity index (χ1v) is 7.45. The molecule has 0 radical (unpaired) electrons. The molecule has 0 aromatic carbocycles. The fourth-order valence-corrected chi connectivity index (χ4v) is 2.26. The van der Waals surface area contributed by atoms with Crippen LogP contribution >= 0.6 is 0 Å². The maximum Gasteiger partial charge on any atom is 0.316 e. The van der Waals surface area contributed by atoms with Crippen molar-refractivity contribution in [3.8, 4) is 0 Å². The number of nitrogens with two attached hydrogens (primary N) is 1. The molecule has 2 amide bonds. The van der Waals surface area contributed by atoms with Gasteiger partial charge in [0.05, 0.1) is 5.69 Å². The molecule has 4 N–H and O–H groups in total. The van der Waals surface area contributed by atoms with Crippen molar-refractivity contribution in [2.45, 2.75) is 11.4 Å². The van der Waals surface area contributed by atoms with E-state index in [1.165, 1.54) is 17.2 Å². The number of sulfonamides is 1. The van der Waals surface area contributed by atoms with E-state index in [0.29, 0.717) is 5.69 Å². The van der Waals surface area contributed by atoms with E-state index in [4.69, 9.17) is 5.73 Å². The lowest BCUT2D eigenvalue weighted by Gasteiger charge is -2.12. The molecular formula is C11H19N5O3S. The van der Waals surface area contributed by atoms with Crippen LogP contribution in [0.15, 0.2) is 23.2 Å². The molecule has 0 bridgehead atoms. The van der Waals surface area contributed by atoms with E-state index in [-0.39, 0.29) is 30.6 Å². The number of carbonyl (C=O) groups is 1. The largest absolute Gasteiger partial charge is 0.337 e. The number of nitrogens with zero attached hydrogens (tertiary/aromatic N) is 2. The zero-order valence-corrected chi connectivity index (χ0v) is 12.3. The molecule has 1 rings (SSSR count). The van der Waals surface area contributed by atoms with Crippen molar-refractivity contribution in [3.05, 3.63) is 24.0 Å². The van der Waals surface area contributed by atoms with Crippen LogP contribution in [-0.4, -0.2) is 51.5 Å². The SMILES string of the molecule is CN(C)C(=O)NCCNS(=O)(=O)c1ccc(CN)nc1. The average Bonchev–Trinajstić information content (AvgIpc) is 2.43. The van der Waals surface area contributed by atoms with Gasteiger partial charge in [-0.25, -0.2) is 17.9 Å². The van der Waals surface area contributed by atoms with E-state index in [9.17, 15) is 13.2 Å². The highest BCUT2D eigenvalue weighted by molar-refractivity contribution is 7.89. The molecule has 0 saturated heterocycles. The molecule has 1 aromatic heterocycles. The number of pyridine rings is 1. The van der Waals surface area contributed by atoms with Crippen molar-refractivity contribution in [1.29, 1.82) is 0 Å². The summed E-state index contributed by atoms with van der Waals surface area (Å²) in [6, 6.07) is 2.72. The Morgan fingerprint density at radius 1 is 1.35 bits per heavy atom. The van der Waals surface area contributed by atoms with Gasteiger partial charge >= 0.3 is 6.03 Å². The number of urea groups is 1. The number of nitrogens with one attached hydrogen (secondary N) is 2. The van der Waals surface area contributed by atoms with Crippen molar-refractivity contribution < 1.29 is 13.2 Å². The molecule has 8 nitrogen and oxygen atoms in total. The van der Waals surface area contributed by atoms with Gasteiger partial charge < -0.3 is 16.0 Å². The Morgan fingerprint density at radius 2 is 2.05 bits per heavy atom. The van der Waals surface area contributed by atoms with Gasteiger partial charge in [-0.1, -0.05) is 0 Å². The van der Waals surface area contributed by atoms with Crippen LogP contribution in [0.1, 0.15) is 5.69 Å². The molecule has 9 heteroatoms. The van der Waals surface area contributed by atoms with Crippen LogP contribution < -0.4 is 15.8 Å². The lowest BCUT2D eigenvalue weighted by atomic mass is 10.4. The quantitative estimate of drug-likeness (QED) is 0.588. The van der Waals surface area contributed by atoms with Crippen LogP contribution in [0, 0.1) is 0 Å². The monoisotopic (exact) mass is 301 g/mol. The number of aromatic nitrogens is 1. The van der Waals surface area contributed by atoms with Gasteiger partial charge in [-0.05, 0) is 12.1 Å². The Morgan fingerprint density at radius 3 is 2.55 bits per heavy atom. The molecule has 0 spiro atoms. The van der Waals surface area contributed by atoms with Crippen molar-refractivity contribution in [1.82, 2.24) is 19.9 Å². The van der Waals surface area contributed by atoms with Crippen molar-refractivity contribution in [3.63, 3.8) is 0 Å². The van der Waals surface area contributed by atoms with E-state index in [1.807, 2.05) is 0 Å². The molecule has 0 fully saturated rings. The first-order chi connectivity index (χ1) is 9.36. The molecule has 0 atom stereocenters. The van der Waals surface area contributed by atoms with Crippen LogP contribution in [0.25, 0.3) is 0 Å². The maximum atomic E-state index is 11.9. The maximum absolute atomic E-state index is 11.9. The average molecular weight is 301 g/mol. The highest BCUT2D eigenvalue weighted by Crippen LogP contribution is 2.06. The molecule has 1 aromatic rings. The molecule has 20 heavy (non-hydrogen) atoms. The van der Waals surface area contributed by atoms with Gasteiger partial charge in [0.1, 0.15) is 4.90 Å². The number of hydrogen-bond acceptors (Lipinski definition) is 5. The van der Waals surface area contributed by atoms with Crippen LogP contribution in [0.5, 0.6) is 0 Å². The topological polar surface area (TPSA) is 117 Å². The van der Waals surface area contributed by atoms with Crippen molar-refractivity contribution >= 4 is 16.1 Å². The predicted molar refractivity (Wildman–Crippen MR) is 74.4 cm³/mol. The summed E-state index contributed by atoms with van der Waals surface area (Å²) in [6.07, 6.45) is 1.25. The Bertz CT molecular complexity index is 542. The van der Waals surface area contributed by atoms with Gasteiger partial charge in [-0.2, -0.15) is 0 Å². The summed E-state index contributed by atoms with van der Waals surface area (Å²) in [5.74, 6) is 0. The number of hydrogen-bond donors (Lipinski definition) is 3. The third kappa shape index (κ3) is 4.76. The fourth-order valence-electron chi connectivity index (χ4n) is 1.29. The first kappa shape index (κ1) is 16.3. The van der Waals surface area contributed by atoms with E-state index in [2.05, 4.69) is 15.0 Å². The summed E-state index contributed by atoms with van der Waals surface area (Å²) in [6.45, 7) is 0.551. The lowest BCUT2D eigenvalue weighted by molar-refractivity contribution is 0.217. The predicted octanol–water partition coefficient (Wildman–Crippen LogP) is -0.910. The molecule has 112 valence electrons. The third-order valence-corrected chi connectivity index (χ3v) is 3.86. The molecule has 0 saturated carbocycles. The Balaban J connectivity index is 2.51. The Hall–Kier alpha value is -1.71. The van der Waals surface area contributed by atoms with Gasteiger partial charge in [-0.3, -0.25) is 4.98 Å². The summed E-state index contributed by atoms with van der Waals surface area (Å²) in [5, 5.41) is 2.55. The minimum atomic E-state index is -3.62. The standard InChI is InChI=1S/C11H19N5O3S/c1-16(2)11(17)13-5-6-15-20(18,19)10-4-3-9(7-12)14-8-10/h3-4,8,15H,5-7,12H2,1-2H3,(H,13,17). The molecule has 0 unspecified atom stereocenters. The van der Waals surface area contributed by atoms with Crippen molar-refractivity contribution in [2.75, 3.05) is 27.2 Å². The van der Waals surface area contributed by atoms with Gasteiger partial charge in [0.2, 0.25) is 10.0 Å². The summed E-state index contributed by atoms with van der Waals surface area (Å²) < 4.78 is 26.2. The minimum absolute atomic E-state index is 0.0636. The second kappa shape index (κ2) is 7.17. The number of carbonyl (C=O) groups excluding carboxylic acids is 1. The van der Waals surface area contributed by atoms with Gasteiger partial charge in [-0.15, -0.1) is 0 Å². The second-order valence-corrected chi connectivity index (χ2v) is 5.98. The summed E-state index contributed by atoms with van der Waals surface area (Å²) in [5.41, 5.74) is 6.00. The highest BCUT2D eigenvalue weighted by Gasteiger charge is 2.13. The highest BCUT2D eigenvalue weighted by atomic mass is 32.2. The smallest absolute Gasteiger partial charge is 0.316 e. The van der Waals surface area contributed by atoms with Gasteiger partial charge in [0.15, 0.2) is 0 Å². The van der Waals surface area contributed by atoms with Gasteiger partial charge in [0.25, 0.3) is 0 Å². The normalized spacial score (nSPS) is 11.2. The first-order valence-electron chi connectivity index (χ1n) is 5.96. The molecule has 0 aliphatic carbocycles. The number of amides is 2. The zero-order valence-electron chi connectivity index (χ0n) is 11.5. The molecule has 0 aliphatic rings. The summed E-state index contributed by atoms with van der Waals surface area (Å²) >= 11 is 0. The fraction of sp³-hybridized carbons (Fsp3) is 0.455. The van der Waals surface area contributed by atoms with E-state index < -0.39 is 10.0 Å². The molecule has 1 heterocycles. The van der Waals surface area contributed by atoms with Crippen LogP contribution in [0.2, 0.25) is 0 Å². The third-order valence-electron chi connectivity index (χ3n) is 2.42. The second-order valence-electron chi connectivity index (χ2n) is 4.21. The van der Waals surface area contributed by atoms with Crippen molar-refractivity contribution in [2.24, 2.45) is 5.73 Å². The molecule has 0 aliphatic heterocycles. The lowest BCUT2D eigenvalue weighted by Crippen LogP contribution is -2.39. The van der Waals surface area contributed by atoms with E-state index in [0.717, 1.165) is 0 Å². The number of rotatable bonds is 6. The van der Waals surface area contributed by atoms with Crippen LogP contribution in [0.4, 0.5) is 4.79 Å². The van der Waals surface area contributed by atoms with Crippen LogP contribution in [-0.2, 0) is 16.6 Å². The van der Waals surface area contributed by atoms with Gasteiger partial charge in [0, 0.05) is 39.9 Å². The zero-order chi connectivity index (χ0) is 15.2. The Labute approximate surface area is 118 Å². The molecular weight excluding hydrogens is 282 g/mol. The van der Waals surface area contributed by atoms with E-state index >= 15 is 0 Å². The van der Waals surface area contributed by atoms with E-state index in [1.54, 1.807) is 20.2 Å². The minimum Gasteiger partial charge on any atom is -0.337 e.